The molecule has 0 aliphatic rings. The first-order chi connectivity index (χ1) is 71.5. The minimum Gasteiger partial charge on any atom is -0.309 e. The van der Waals surface area contributed by atoms with Gasteiger partial charge in [0.25, 0.3) is 0 Å². The molecule has 0 aliphatic carbocycles. The van der Waals surface area contributed by atoms with Crippen LogP contribution in [0, 0.1) is 0 Å². The zero-order valence-corrected chi connectivity index (χ0v) is 80.0. The summed E-state index contributed by atoms with van der Waals surface area (Å²) >= 11 is 5.30. The molecule has 0 atom stereocenters. The van der Waals surface area contributed by atoms with E-state index >= 15 is 0 Å². The molecule has 0 N–H and O–H groups in total. The van der Waals surface area contributed by atoms with Crippen molar-refractivity contribution in [1.82, 2.24) is 43.6 Å². The second-order valence-corrected chi connectivity index (χ2v) is 39.6. The topological polar surface area (TPSA) is 92.1 Å². The molecule has 0 saturated carbocycles. The van der Waals surface area contributed by atoms with E-state index in [2.05, 4.69) is 487 Å². The molecule has 0 spiro atoms. The Kier molecular flexibility index (Phi) is 20.3. The molecule has 30 aromatic rings. The Bertz CT molecular complexity index is 10300. The third-order valence-corrected chi connectivity index (χ3v) is 31.7. The maximum atomic E-state index is 5.47. The second kappa shape index (κ2) is 34.9. The fourth-order valence-corrected chi connectivity index (χ4v) is 25.4. The van der Waals surface area contributed by atoms with Gasteiger partial charge in [0.1, 0.15) is 0 Å². The van der Waals surface area contributed by atoms with Gasteiger partial charge in [-0.05, 0) is 163 Å². The van der Waals surface area contributed by atoms with Gasteiger partial charge in [0, 0.05) is 113 Å². The summed E-state index contributed by atoms with van der Waals surface area (Å²) in [6, 6.07) is 175. The van der Waals surface area contributed by atoms with Crippen molar-refractivity contribution in [3.8, 4) is 118 Å². The highest BCUT2D eigenvalue weighted by atomic mass is 32.1. The van der Waals surface area contributed by atoms with Crippen LogP contribution >= 0.6 is 34.0 Å². The van der Waals surface area contributed by atoms with E-state index in [1.807, 2.05) is 18.2 Å². The first-order valence-corrected chi connectivity index (χ1v) is 51.0. The maximum absolute atomic E-state index is 5.47. The second-order valence-electron chi connectivity index (χ2n) is 36.4. The van der Waals surface area contributed by atoms with Gasteiger partial charge < -0.3 is 13.7 Å². The number of thiophene rings is 3. The summed E-state index contributed by atoms with van der Waals surface area (Å²) < 4.78 is 14.2. The number of para-hydroxylation sites is 2. The van der Waals surface area contributed by atoms with Crippen LogP contribution in [0.5, 0.6) is 0 Å². The molecule has 30 rings (SSSR count). The fourth-order valence-electron chi connectivity index (χ4n) is 21.9. The molecular formula is C132H81N9S3. The van der Waals surface area contributed by atoms with Crippen LogP contribution in [0.25, 0.3) is 277 Å². The summed E-state index contributed by atoms with van der Waals surface area (Å²) in [5.74, 6) is 2.20. The van der Waals surface area contributed by atoms with E-state index in [9.17, 15) is 0 Å². The van der Waals surface area contributed by atoms with Gasteiger partial charge in [0.15, 0.2) is 17.5 Å². The third kappa shape index (κ3) is 14.0. The summed E-state index contributed by atoms with van der Waals surface area (Å²) in [4.78, 5) is 32.2. The molecule has 12 heteroatoms. The van der Waals surface area contributed by atoms with Crippen LogP contribution in [0.2, 0.25) is 0 Å². The van der Waals surface area contributed by atoms with Gasteiger partial charge in [-0.25, -0.2) is 29.9 Å². The Morgan fingerprint density at radius 3 is 0.889 bits per heavy atom. The Morgan fingerprint density at radius 2 is 0.458 bits per heavy atom. The van der Waals surface area contributed by atoms with Gasteiger partial charge in [-0.1, -0.05) is 394 Å². The normalized spacial score (nSPS) is 11.8. The van der Waals surface area contributed by atoms with Gasteiger partial charge in [-0.15, -0.1) is 34.0 Å². The Hall–Kier alpha value is -18.3. The smallest absolute Gasteiger partial charge is 0.161 e. The lowest BCUT2D eigenvalue weighted by atomic mass is 9.94. The summed E-state index contributed by atoms with van der Waals surface area (Å²) in [5, 5.41) is 18.1. The predicted molar refractivity (Wildman–Crippen MR) is 609 cm³/mol. The zero-order chi connectivity index (χ0) is 94.8. The molecule has 9 aromatic heterocycles. The molecule has 0 radical (unpaired) electrons. The van der Waals surface area contributed by atoms with Crippen LogP contribution in [0.4, 0.5) is 0 Å². The summed E-state index contributed by atoms with van der Waals surface area (Å²) in [7, 11) is 0. The van der Waals surface area contributed by atoms with E-state index in [1.54, 1.807) is 34.0 Å². The van der Waals surface area contributed by atoms with Crippen LogP contribution in [0.3, 0.4) is 0 Å². The lowest BCUT2D eigenvalue weighted by Crippen LogP contribution is -1.96. The standard InChI is InChI=1S/C52H31N3S.2C40H25N3S/c1-3-15-32(16-4-1)35-24-13-26-44-47(35)48-42(52-53-49(33-17-5-2-6-18-33)51-50(54-52)41-23-11-12-28-46(41)56-51)25-14-27-45(48)55(44)34-29-30-40-38-21-8-7-19-36(38)37-20-9-10-22-39(37)43(40)31-34;1-4-14-26(15-5-1)29-21-12-23-32-35(29)36-31(22-13-24-33(36)43(32)28-18-8-3-9-19-28)40-41-37(27-16-6-2-7-17-27)39-38(42-40)30-20-10-11-25-34(30)44-39;1-4-13-26(14-5-1)28-23-24-33-32(25-28)36-31(20-12-21-34(36)43(33)29-17-8-3-9-18-29)38-39-37(30-19-10-11-22-35(30)44-39)41-40(42-38)27-15-6-2-7-16-27/h1-31H;2*1-25H. The Balaban J connectivity index is 0.000000106. The van der Waals surface area contributed by atoms with Crippen molar-refractivity contribution < 1.29 is 0 Å². The van der Waals surface area contributed by atoms with E-state index in [4.69, 9.17) is 29.9 Å². The average molecular weight is 1890 g/mol. The zero-order valence-electron chi connectivity index (χ0n) is 77.5. The van der Waals surface area contributed by atoms with Crippen LogP contribution in [0.15, 0.2) is 491 Å². The predicted octanol–water partition coefficient (Wildman–Crippen LogP) is 36.3. The quantitative estimate of drug-likeness (QED) is 0.113. The van der Waals surface area contributed by atoms with Gasteiger partial charge in [-0.2, -0.15) is 0 Å². The monoisotopic (exact) mass is 1890 g/mol. The molecule has 0 bridgehead atoms. The van der Waals surface area contributed by atoms with Gasteiger partial charge in [0.2, 0.25) is 0 Å². The van der Waals surface area contributed by atoms with Crippen molar-refractivity contribution in [2.24, 2.45) is 0 Å². The van der Waals surface area contributed by atoms with Crippen molar-refractivity contribution in [3.63, 3.8) is 0 Å². The van der Waals surface area contributed by atoms with Crippen LogP contribution < -0.4 is 0 Å². The van der Waals surface area contributed by atoms with E-state index in [-0.39, 0.29) is 0 Å². The van der Waals surface area contributed by atoms with Gasteiger partial charge >= 0.3 is 0 Å². The number of aromatic nitrogens is 9. The molecule has 0 saturated heterocycles. The number of benzene rings is 21. The van der Waals surface area contributed by atoms with Crippen LogP contribution in [-0.4, -0.2) is 43.6 Å². The molecule has 672 valence electrons. The highest BCUT2D eigenvalue weighted by molar-refractivity contribution is 7.27. The lowest BCUT2D eigenvalue weighted by Gasteiger charge is -2.14. The fraction of sp³-hybridized carbons (Fsp3) is 0. The number of rotatable bonds is 12. The van der Waals surface area contributed by atoms with Gasteiger partial charge in [-0.3, -0.25) is 0 Å². The molecule has 0 fully saturated rings. The van der Waals surface area contributed by atoms with Crippen molar-refractivity contribution in [3.05, 3.63) is 491 Å². The SMILES string of the molecule is c1ccc(-c2ccc3c(c2)c2c(-c4nc(-c5ccccc5)nc5c4sc4ccccc45)cccc2n3-c2ccccc2)cc1.c1ccc(-c2nc(-c3cccc4c3c3c(-c5ccccc5)cccc3n4-c3ccc4c5ccccc5c5ccccc5c4c3)nc3c2sc2ccccc23)cc1.c1ccc(-c2nc(-c3cccc4c3c3c(-c5ccccc5)cccc3n4-c3ccccc3)nc3c2sc2ccccc23)cc1. The maximum Gasteiger partial charge on any atom is 0.161 e. The highest BCUT2D eigenvalue weighted by Crippen LogP contribution is 2.52. The minimum atomic E-state index is 0.725. The van der Waals surface area contributed by atoms with Crippen molar-refractivity contribution in [1.29, 1.82) is 0 Å². The number of hydrogen-bond acceptors (Lipinski definition) is 9. The van der Waals surface area contributed by atoms with Crippen molar-refractivity contribution in [2.45, 2.75) is 0 Å². The summed E-state index contributed by atoms with van der Waals surface area (Å²) in [6.07, 6.45) is 0. The van der Waals surface area contributed by atoms with E-state index in [0.717, 1.165) is 165 Å². The van der Waals surface area contributed by atoms with Crippen LogP contribution in [-0.2, 0) is 0 Å². The molecule has 0 unspecified atom stereocenters. The number of fused-ring (bicyclic) bond motifs is 24. The molecule has 0 amide bonds. The molecule has 9 heterocycles. The molecule has 144 heavy (non-hydrogen) atoms. The van der Waals surface area contributed by atoms with Crippen LogP contribution in [0.1, 0.15) is 0 Å². The van der Waals surface area contributed by atoms with E-state index in [0.29, 0.717) is 0 Å². The average Bonchev–Trinajstić information content (AvgIpc) is 1.55. The van der Waals surface area contributed by atoms with E-state index < -0.39 is 0 Å². The first-order valence-electron chi connectivity index (χ1n) is 48.5. The lowest BCUT2D eigenvalue weighted by molar-refractivity contribution is 1.18. The van der Waals surface area contributed by atoms with E-state index in [1.165, 1.54) is 112 Å². The highest BCUT2D eigenvalue weighted by Gasteiger charge is 2.29. The Morgan fingerprint density at radius 1 is 0.153 bits per heavy atom. The number of nitrogens with zero attached hydrogens (tertiary/aromatic N) is 9. The first kappa shape index (κ1) is 83.8. The Labute approximate surface area is 839 Å². The largest absolute Gasteiger partial charge is 0.309 e. The molecular weight excluding hydrogens is 1810 g/mol. The molecule has 9 nitrogen and oxygen atoms in total. The third-order valence-electron chi connectivity index (χ3n) is 28.2. The minimum absolute atomic E-state index is 0.725. The van der Waals surface area contributed by atoms with Gasteiger partial charge in [0.05, 0.1) is 80.8 Å². The molecule has 21 aromatic carbocycles. The number of hydrogen-bond donors (Lipinski definition) is 0. The van der Waals surface area contributed by atoms with Crippen molar-refractivity contribution >= 4 is 193 Å². The molecule has 0 aliphatic heterocycles. The summed E-state index contributed by atoms with van der Waals surface area (Å²) in [6.45, 7) is 0. The summed E-state index contributed by atoms with van der Waals surface area (Å²) in [5.41, 5.74) is 29.6. The van der Waals surface area contributed by atoms with Crippen molar-refractivity contribution in [2.75, 3.05) is 0 Å².